The fourth-order valence-electron chi connectivity index (χ4n) is 9.77. The van der Waals surface area contributed by atoms with Crippen LogP contribution >= 0.6 is 0 Å². The molecule has 62 heavy (non-hydrogen) atoms. The lowest BCUT2D eigenvalue weighted by Gasteiger charge is -2.45. The highest BCUT2D eigenvalue weighted by molar-refractivity contribution is 5.96. The predicted octanol–water partition coefficient (Wildman–Crippen LogP) is 13.0. The summed E-state index contributed by atoms with van der Waals surface area (Å²) in [4.78, 5) is 29.8. The van der Waals surface area contributed by atoms with E-state index in [9.17, 15) is 0 Å². The summed E-state index contributed by atoms with van der Waals surface area (Å²) < 4.78 is 0. The van der Waals surface area contributed by atoms with Gasteiger partial charge < -0.3 is 19.6 Å². The van der Waals surface area contributed by atoms with Gasteiger partial charge in [-0.1, -0.05) is 72.8 Å². The van der Waals surface area contributed by atoms with E-state index in [4.69, 9.17) is 19.9 Å². The van der Waals surface area contributed by atoms with Gasteiger partial charge in [-0.05, 0) is 150 Å². The topological polar surface area (TPSA) is 64.5 Å². The van der Waals surface area contributed by atoms with Crippen molar-refractivity contribution in [3.05, 3.63) is 191 Å². The first kappa shape index (κ1) is 38.9. The molecular formula is C54H50N8. The Bertz CT molecular complexity index is 2720. The summed E-state index contributed by atoms with van der Waals surface area (Å²) in [6, 6.07) is 53.1. The Morgan fingerprint density at radius 1 is 0.274 bits per heavy atom. The van der Waals surface area contributed by atoms with E-state index in [0.29, 0.717) is 0 Å². The van der Waals surface area contributed by atoms with Gasteiger partial charge in [-0.3, -0.25) is 19.9 Å². The molecule has 0 N–H and O–H groups in total. The summed E-state index contributed by atoms with van der Waals surface area (Å²) in [6.07, 6.45) is -0.706. The van der Waals surface area contributed by atoms with Crippen LogP contribution in [0, 0.1) is 55.4 Å². The zero-order valence-corrected chi connectivity index (χ0v) is 36.6. The Hall–Kier alpha value is -7.32. The molecule has 0 aliphatic carbocycles. The van der Waals surface area contributed by atoms with E-state index in [2.05, 4.69) is 221 Å². The molecule has 306 valence electrons. The molecule has 0 fully saturated rings. The number of hydrogen-bond acceptors (Lipinski definition) is 8. The molecule has 0 amide bonds. The quantitative estimate of drug-likeness (QED) is 0.158. The number of aryl methyl sites for hydroxylation is 8. The molecule has 0 saturated heterocycles. The molecule has 8 aromatic rings. The largest absolute Gasteiger partial charge is 0.314 e. The Labute approximate surface area is 364 Å². The highest BCUT2D eigenvalue weighted by Gasteiger charge is 2.52. The van der Waals surface area contributed by atoms with E-state index in [1.807, 2.05) is 0 Å². The predicted molar refractivity (Wildman–Crippen MR) is 255 cm³/mol. The van der Waals surface area contributed by atoms with Crippen LogP contribution in [-0.2, 0) is 0 Å². The van der Waals surface area contributed by atoms with Crippen LogP contribution in [0.2, 0.25) is 0 Å². The third kappa shape index (κ3) is 6.91. The van der Waals surface area contributed by atoms with Crippen LogP contribution in [0.1, 0.15) is 45.6 Å². The van der Waals surface area contributed by atoms with Crippen molar-refractivity contribution in [1.82, 2.24) is 19.9 Å². The first-order valence-electron chi connectivity index (χ1n) is 21.4. The number of hydrogen-bond donors (Lipinski definition) is 0. The Morgan fingerprint density at radius 3 is 0.806 bits per heavy atom. The average Bonchev–Trinajstić information content (AvgIpc) is 3.75. The van der Waals surface area contributed by atoms with Crippen molar-refractivity contribution in [3.8, 4) is 22.3 Å². The summed E-state index contributed by atoms with van der Waals surface area (Å²) in [5.74, 6) is 0. The summed E-state index contributed by atoms with van der Waals surface area (Å²) in [7, 11) is 0. The molecule has 0 radical (unpaired) electrons. The number of pyridine rings is 4. The van der Waals surface area contributed by atoms with Crippen molar-refractivity contribution in [2.45, 2.75) is 67.7 Å². The fraction of sp³-hybridized carbons (Fsp3) is 0.185. The molecule has 8 heteroatoms. The van der Waals surface area contributed by atoms with Gasteiger partial charge in [-0.15, -0.1) is 0 Å². The van der Waals surface area contributed by atoms with Crippen LogP contribution in [0.15, 0.2) is 146 Å². The molecule has 0 bridgehead atoms. The fourth-order valence-corrected chi connectivity index (χ4v) is 9.77. The molecule has 4 aromatic heterocycles. The van der Waals surface area contributed by atoms with Crippen LogP contribution in [-0.4, -0.2) is 32.3 Å². The van der Waals surface area contributed by atoms with Crippen molar-refractivity contribution in [2.75, 3.05) is 19.6 Å². The Balaban J connectivity index is 1.33. The van der Waals surface area contributed by atoms with Gasteiger partial charge in [-0.25, -0.2) is 0 Å². The second-order valence-corrected chi connectivity index (χ2v) is 16.9. The van der Waals surface area contributed by atoms with Crippen LogP contribution < -0.4 is 19.6 Å². The molecule has 0 saturated carbocycles. The first-order valence-corrected chi connectivity index (χ1v) is 21.4. The molecule has 2 unspecified atom stereocenters. The van der Waals surface area contributed by atoms with Crippen molar-refractivity contribution < 1.29 is 0 Å². The number of nitrogens with zero attached hydrogens (tertiary/aromatic N) is 8. The third-order valence-electron chi connectivity index (χ3n) is 11.9. The minimum absolute atomic E-state index is 0.353. The van der Waals surface area contributed by atoms with Gasteiger partial charge in [0.1, 0.15) is 0 Å². The third-order valence-corrected chi connectivity index (χ3v) is 11.9. The smallest absolute Gasteiger partial charge is 0.151 e. The summed E-state index contributed by atoms with van der Waals surface area (Å²) in [5.41, 5.74) is 21.1. The number of anilines is 8. The minimum atomic E-state index is -0.353. The second-order valence-electron chi connectivity index (χ2n) is 16.9. The number of fused-ring (bicyclic) bond motifs is 2. The van der Waals surface area contributed by atoms with Gasteiger partial charge >= 0.3 is 0 Å². The van der Waals surface area contributed by atoms with Crippen LogP contribution in [0.3, 0.4) is 0 Å². The maximum Gasteiger partial charge on any atom is 0.151 e. The molecule has 2 aliphatic rings. The van der Waals surface area contributed by atoms with Crippen molar-refractivity contribution in [3.63, 3.8) is 0 Å². The molecule has 10 rings (SSSR count). The van der Waals surface area contributed by atoms with Crippen molar-refractivity contribution in [2.24, 2.45) is 0 Å². The first-order chi connectivity index (χ1) is 30.0. The molecular weight excluding hydrogens is 761 g/mol. The standard InChI is InChI=1S/C54H50N8/c1-33-23-45(24-34(2)55-33)59-49-21-19-43(41-15-11-9-12-16-41)31-51(49)61(47-27-37(5)57-38(6)28-47)53(59)54-60(46-25-35(3)56-36(4)26-46)50-22-20-44(42-17-13-10-14-18-42)32-52(50)62(54)48-29-39(7)58-40(8)30-48/h9-32,53-54H,1-8H3. The summed E-state index contributed by atoms with van der Waals surface area (Å²) in [6.45, 7) is 16.7. The highest BCUT2D eigenvalue weighted by Crippen LogP contribution is 2.57. The average molecular weight is 811 g/mol. The lowest BCUT2D eigenvalue weighted by Crippen LogP contribution is -2.58. The molecule has 4 aromatic carbocycles. The Kier molecular flexibility index (Phi) is 9.59. The molecule has 2 atom stereocenters. The normalized spacial score (nSPS) is 15.6. The zero-order chi connectivity index (χ0) is 42.8. The highest BCUT2D eigenvalue weighted by atomic mass is 15.5. The number of aromatic nitrogens is 4. The number of rotatable bonds is 7. The van der Waals surface area contributed by atoms with E-state index in [0.717, 1.165) is 102 Å². The lowest BCUT2D eigenvalue weighted by atomic mass is 10.0. The monoisotopic (exact) mass is 810 g/mol. The van der Waals surface area contributed by atoms with Gasteiger partial charge in [0.05, 0.1) is 22.7 Å². The second kappa shape index (κ2) is 15.3. The van der Waals surface area contributed by atoms with E-state index in [1.165, 1.54) is 11.1 Å². The lowest BCUT2D eigenvalue weighted by molar-refractivity contribution is 0.548. The van der Waals surface area contributed by atoms with Gasteiger partial charge in [0.15, 0.2) is 12.3 Å². The van der Waals surface area contributed by atoms with Crippen LogP contribution in [0.4, 0.5) is 45.5 Å². The summed E-state index contributed by atoms with van der Waals surface area (Å²) in [5, 5.41) is 0. The zero-order valence-electron chi connectivity index (χ0n) is 36.6. The maximum atomic E-state index is 4.90. The van der Waals surface area contributed by atoms with Gasteiger partial charge in [0, 0.05) is 68.3 Å². The van der Waals surface area contributed by atoms with Gasteiger partial charge in [0.2, 0.25) is 0 Å². The van der Waals surface area contributed by atoms with Crippen LogP contribution in [0.25, 0.3) is 22.3 Å². The SMILES string of the molecule is Cc1cc(N2c3ccc(-c4ccccc4)cc3N(c3cc(C)nc(C)c3)C2C2N(c3cc(C)nc(C)c3)c3ccc(-c4ccccc4)cc3N2c2cc(C)nc(C)c2)cc(C)n1. The van der Waals surface area contributed by atoms with Crippen LogP contribution in [0.5, 0.6) is 0 Å². The Morgan fingerprint density at radius 2 is 0.532 bits per heavy atom. The van der Waals surface area contributed by atoms with E-state index in [1.54, 1.807) is 0 Å². The molecule has 0 spiro atoms. The van der Waals surface area contributed by atoms with Gasteiger partial charge in [0.25, 0.3) is 0 Å². The summed E-state index contributed by atoms with van der Waals surface area (Å²) >= 11 is 0. The van der Waals surface area contributed by atoms with Crippen molar-refractivity contribution >= 4 is 45.5 Å². The van der Waals surface area contributed by atoms with Gasteiger partial charge in [-0.2, -0.15) is 0 Å². The van der Waals surface area contributed by atoms with E-state index >= 15 is 0 Å². The number of benzene rings is 4. The molecule has 2 aliphatic heterocycles. The maximum absolute atomic E-state index is 4.90. The minimum Gasteiger partial charge on any atom is -0.314 e. The molecule has 8 nitrogen and oxygen atoms in total. The molecule has 6 heterocycles. The van der Waals surface area contributed by atoms with Crippen molar-refractivity contribution in [1.29, 1.82) is 0 Å². The van der Waals surface area contributed by atoms with E-state index in [-0.39, 0.29) is 12.3 Å². The van der Waals surface area contributed by atoms with E-state index < -0.39 is 0 Å².